The molecule has 1 amide bonds. The van der Waals surface area contributed by atoms with Gasteiger partial charge in [0.2, 0.25) is 5.91 Å². The number of rotatable bonds is 4. The molecule has 0 bridgehead atoms. The average molecular weight is 367 g/mol. The molecule has 0 radical (unpaired) electrons. The zero-order valence-corrected chi connectivity index (χ0v) is 16.1. The minimum absolute atomic E-state index is 0.00560. The summed E-state index contributed by atoms with van der Waals surface area (Å²) in [4.78, 5) is 33.8. The molecule has 142 valence electrons. The number of hydrogen-bond donors (Lipinski definition) is 0. The number of carbonyl (C=O) groups excluding carboxylic acids is 1. The lowest BCUT2D eigenvalue weighted by atomic mass is 10.0. The zero-order valence-electron chi connectivity index (χ0n) is 16.1. The van der Waals surface area contributed by atoms with E-state index in [2.05, 4.69) is 16.0 Å². The number of fused-ring (bicyclic) bond motifs is 1. The third-order valence-corrected chi connectivity index (χ3v) is 5.17. The number of nitrogens with zero attached hydrogens (tertiary/aromatic N) is 5. The Balaban J connectivity index is 1.71. The first kappa shape index (κ1) is 19.1. The second-order valence-electron chi connectivity index (χ2n) is 7.30. The molecule has 1 unspecified atom stereocenters. The van der Waals surface area contributed by atoms with Crippen LogP contribution in [0.2, 0.25) is 0 Å². The van der Waals surface area contributed by atoms with E-state index < -0.39 is 0 Å². The fraction of sp³-hybridized carbons (Fsp3) is 0.500. The fourth-order valence-corrected chi connectivity index (χ4v) is 3.60. The first-order chi connectivity index (χ1) is 12.9. The summed E-state index contributed by atoms with van der Waals surface area (Å²) in [5.41, 5.74) is 0.461. The topological polar surface area (TPSA) is 82.2 Å². The summed E-state index contributed by atoms with van der Waals surface area (Å²) < 4.78 is 1.45. The van der Waals surface area contributed by atoms with Crippen molar-refractivity contribution >= 4 is 16.8 Å². The normalized spacial score (nSPS) is 16.5. The standard InChI is InChI=1S/C20H25N5O2/c1-14(2)18(12-21)23-8-10-24(11-9-23)19(26)13-25-15(3)22-17-7-5-4-6-16(17)20(25)27/h4-7,14,18H,8-11,13H2,1-3H3. The van der Waals surface area contributed by atoms with Gasteiger partial charge in [-0.15, -0.1) is 0 Å². The van der Waals surface area contributed by atoms with Crippen LogP contribution in [0.25, 0.3) is 10.9 Å². The summed E-state index contributed by atoms with van der Waals surface area (Å²) in [7, 11) is 0. The van der Waals surface area contributed by atoms with Crippen molar-refractivity contribution in [2.45, 2.75) is 33.4 Å². The number of hydrogen-bond acceptors (Lipinski definition) is 5. The quantitative estimate of drug-likeness (QED) is 0.816. The molecule has 2 aromatic rings. The van der Waals surface area contributed by atoms with Crippen LogP contribution in [0, 0.1) is 24.2 Å². The third-order valence-electron chi connectivity index (χ3n) is 5.17. The molecular weight excluding hydrogens is 342 g/mol. The van der Waals surface area contributed by atoms with Gasteiger partial charge in [-0.25, -0.2) is 4.98 Å². The highest BCUT2D eigenvalue weighted by atomic mass is 16.2. The van der Waals surface area contributed by atoms with Crippen LogP contribution in [-0.2, 0) is 11.3 Å². The van der Waals surface area contributed by atoms with Gasteiger partial charge in [-0.3, -0.25) is 19.1 Å². The van der Waals surface area contributed by atoms with E-state index in [0.717, 1.165) is 0 Å². The number of nitriles is 1. The minimum atomic E-state index is -0.186. The van der Waals surface area contributed by atoms with Crippen molar-refractivity contribution < 1.29 is 4.79 Å². The lowest BCUT2D eigenvalue weighted by molar-refractivity contribution is -0.134. The van der Waals surface area contributed by atoms with Gasteiger partial charge < -0.3 is 4.90 Å². The Bertz CT molecular complexity index is 936. The average Bonchev–Trinajstić information content (AvgIpc) is 2.66. The Kier molecular flexibility index (Phi) is 5.57. The number of piperazine rings is 1. The van der Waals surface area contributed by atoms with Gasteiger partial charge in [0, 0.05) is 26.2 Å². The van der Waals surface area contributed by atoms with E-state index in [1.807, 2.05) is 19.9 Å². The first-order valence-electron chi connectivity index (χ1n) is 9.30. The highest BCUT2D eigenvalue weighted by molar-refractivity contribution is 5.79. The molecule has 1 aromatic heterocycles. The van der Waals surface area contributed by atoms with Gasteiger partial charge in [-0.1, -0.05) is 26.0 Å². The maximum Gasteiger partial charge on any atom is 0.261 e. The van der Waals surface area contributed by atoms with Crippen molar-refractivity contribution in [1.82, 2.24) is 19.4 Å². The molecule has 1 atom stereocenters. The van der Waals surface area contributed by atoms with Gasteiger partial charge in [-0.2, -0.15) is 5.26 Å². The molecule has 1 fully saturated rings. The van der Waals surface area contributed by atoms with Gasteiger partial charge >= 0.3 is 0 Å². The summed E-state index contributed by atoms with van der Waals surface area (Å²) in [5, 5.41) is 9.87. The fourth-order valence-electron chi connectivity index (χ4n) is 3.60. The van der Waals surface area contributed by atoms with Crippen LogP contribution in [0.1, 0.15) is 19.7 Å². The molecule has 1 aromatic carbocycles. The van der Waals surface area contributed by atoms with Crippen molar-refractivity contribution in [3.05, 3.63) is 40.4 Å². The molecule has 0 N–H and O–H groups in total. The van der Waals surface area contributed by atoms with Crippen LogP contribution in [0.3, 0.4) is 0 Å². The van der Waals surface area contributed by atoms with E-state index in [1.54, 1.807) is 30.0 Å². The molecule has 2 heterocycles. The lowest BCUT2D eigenvalue weighted by Gasteiger charge is -2.38. The highest BCUT2D eigenvalue weighted by Crippen LogP contribution is 2.14. The lowest BCUT2D eigenvalue weighted by Crippen LogP contribution is -2.53. The second-order valence-corrected chi connectivity index (χ2v) is 7.30. The van der Waals surface area contributed by atoms with E-state index >= 15 is 0 Å². The Morgan fingerprint density at radius 1 is 1.22 bits per heavy atom. The molecule has 27 heavy (non-hydrogen) atoms. The summed E-state index contributed by atoms with van der Waals surface area (Å²) in [6.07, 6.45) is 0. The van der Waals surface area contributed by atoms with Gasteiger partial charge in [0.05, 0.1) is 17.0 Å². The number of para-hydroxylation sites is 1. The molecule has 0 spiro atoms. The zero-order chi connectivity index (χ0) is 19.6. The maximum atomic E-state index is 12.7. The van der Waals surface area contributed by atoms with Crippen molar-refractivity contribution in [3.63, 3.8) is 0 Å². The van der Waals surface area contributed by atoms with Crippen LogP contribution in [0.5, 0.6) is 0 Å². The number of aryl methyl sites for hydroxylation is 1. The predicted molar refractivity (Wildman–Crippen MR) is 103 cm³/mol. The summed E-state index contributed by atoms with van der Waals surface area (Å²) in [6, 6.07) is 9.40. The minimum Gasteiger partial charge on any atom is -0.339 e. The molecule has 1 saturated heterocycles. The Morgan fingerprint density at radius 3 is 2.52 bits per heavy atom. The second kappa shape index (κ2) is 7.89. The number of benzene rings is 1. The van der Waals surface area contributed by atoms with E-state index in [-0.39, 0.29) is 30.0 Å². The Labute approximate surface area is 158 Å². The van der Waals surface area contributed by atoms with Crippen molar-refractivity contribution in [2.24, 2.45) is 5.92 Å². The van der Waals surface area contributed by atoms with E-state index in [1.165, 1.54) is 4.57 Å². The highest BCUT2D eigenvalue weighted by Gasteiger charge is 2.28. The summed E-state index contributed by atoms with van der Waals surface area (Å²) >= 11 is 0. The Morgan fingerprint density at radius 2 is 1.89 bits per heavy atom. The number of amides is 1. The molecule has 0 saturated carbocycles. The number of aromatic nitrogens is 2. The van der Waals surface area contributed by atoms with Gasteiger partial charge in [0.15, 0.2) is 0 Å². The van der Waals surface area contributed by atoms with Gasteiger partial charge in [-0.05, 0) is 25.0 Å². The van der Waals surface area contributed by atoms with Crippen LogP contribution >= 0.6 is 0 Å². The number of carbonyl (C=O) groups is 1. The van der Waals surface area contributed by atoms with Crippen LogP contribution in [0.4, 0.5) is 0 Å². The molecule has 7 nitrogen and oxygen atoms in total. The SMILES string of the molecule is Cc1nc2ccccc2c(=O)n1CC(=O)N1CCN(C(C#N)C(C)C)CC1. The molecule has 0 aliphatic carbocycles. The van der Waals surface area contributed by atoms with Gasteiger partial charge in [0.25, 0.3) is 5.56 Å². The van der Waals surface area contributed by atoms with E-state index in [4.69, 9.17) is 0 Å². The van der Waals surface area contributed by atoms with Gasteiger partial charge in [0.1, 0.15) is 18.4 Å². The molecule has 7 heteroatoms. The summed E-state index contributed by atoms with van der Waals surface area (Å²) in [6.45, 7) is 8.29. The van der Waals surface area contributed by atoms with Crippen LogP contribution in [-0.4, -0.2) is 57.5 Å². The smallest absolute Gasteiger partial charge is 0.261 e. The van der Waals surface area contributed by atoms with Crippen molar-refractivity contribution in [3.8, 4) is 6.07 Å². The molecular formula is C20H25N5O2. The van der Waals surface area contributed by atoms with Crippen LogP contribution < -0.4 is 5.56 Å². The molecule has 3 rings (SSSR count). The van der Waals surface area contributed by atoms with Crippen molar-refractivity contribution in [1.29, 1.82) is 5.26 Å². The Hall–Kier alpha value is -2.72. The predicted octanol–water partition coefficient (Wildman–Crippen LogP) is 1.40. The van der Waals surface area contributed by atoms with Crippen LogP contribution in [0.15, 0.2) is 29.1 Å². The molecule has 1 aliphatic heterocycles. The van der Waals surface area contributed by atoms with E-state index in [0.29, 0.717) is 42.9 Å². The molecule has 1 aliphatic rings. The first-order valence-corrected chi connectivity index (χ1v) is 9.30. The largest absolute Gasteiger partial charge is 0.339 e. The summed E-state index contributed by atoms with van der Waals surface area (Å²) in [5.74, 6) is 0.701. The van der Waals surface area contributed by atoms with E-state index in [9.17, 15) is 14.9 Å². The monoisotopic (exact) mass is 367 g/mol. The maximum absolute atomic E-state index is 12.7. The van der Waals surface area contributed by atoms with Crippen molar-refractivity contribution in [2.75, 3.05) is 26.2 Å². The third kappa shape index (κ3) is 3.86.